The van der Waals surface area contributed by atoms with E-state index in [1.807, 2.05) is 18.2 Å². The molecule has 0 fully saturated rings. The summed E-state index contributed by atoms with van der Waals surface area (Å²) in [5.41, 5.74) is 8.77. The lowest BCUT2D eigenvalue weighted by Gasteiger charge is -2.30. The molecule has 0 saturated heterocycles. The minimum absolute atomic E-state index is 0.103. The van der Waals surface area contributed by atoms with Crippen molar-refractivity contribution in [1.82, 2.24) is 4.98 Å². The zero-order valence-electron chi connectivity index (χ0n) is 10.9. The summed E-state index contributed by atoms with van der Waals surface area (Å²) in [5, 5.41) is 9.78. The van der Waals surface area contributed by atoms with E-state index < -0.39 is 0 Å². The maximum absolute atomic E-state index is 12.6. The Kier molecular flexibility index (Phi) is 3.02. The molecule has 1 aliphatic heterocycles. The third-order valence-electron chi connectivity index (χ3n) is 3.56. The predicted molar refractivity (Wildman–Crippen MR) is 76.8 cm³/mol. The molecule has 0 atom stereocenters. The molecule has 3 N–H and O–H groups in total. The number of fused-ring (bicyclic) bond motifs is 1. The van der Waals surface area contributed by atoms with E-state index in [9.17, 15) is 9.90 Å². The van der Waals surface area contributed by atoms with Crippen molar-refractivity contribution in [3.8, 4) is 5.75 Å². The number of aromatic hydroxyl groups is 1. The van der Waals surface area contributed by atoms with Crippen molar-refractivity contribution in [2.45, 2.75) is 12.8 Å². The average Bonchev–Trinajstić information content (AvgIpc) is 2.47. The Labute approximate surface area is 116 Å². The summed E-state index contributed by atoms with van der Waals surface area (Å²) in [6.07, 6.45) is 4.50. The lowest BCUT2D eigenvalue weighted by atomic mass is 9.99. The summed E-state index contributed by atoms with van der Waals surface area (Å²) in [4.78, 5) is 18.1. The monoisotopic (exact) mass is 269 g/mol. The summed E-state index contributed by atoms with van der Waals surface area (Å²) >= 11 is 0. The van der Waals surface area contributed by atoms with Crippen molar-refractivity contribution < 1.29 is 9.90 Å². The minimum atomic E-state index is -0.226. The van der Waals surface area contributed by atoms with E-state index in [1.165, 1.54) is 18.5 Å². The number of nitrogen functional groups attached to an aromatic ring is 1. The number of hydrogen-bond acceptors (Lipinski definition) is 4. The highest BCUT2D eigenvalue weighted by Crippen LogP contribution is 2.33. The maximum Gasteiger partial charge on any atom is 0.262 e. The quantitative estimate of drug-likeness (QED) is 0.776. The van der Waals surface area contributed by atoms with Crippen molar-refractivity contribution in [3.05, 3.63) is 47.8 Å². The van der Waals surface area contributed by atoms with Crippen LogP contribution in [0.2, 0.25) is 0 Å². The normalized spacial score (nSPS) is 13.9. The summed E-state index contributed by atoms with van der Waals surface area (Å²) < 4.78 is 0. The van der Waals surface area contributed by atoms with E-state index in [1.54, 1.807) is 4.90 Å². The maximum atomic E-state index is 12.6. The number of amides is 1. The topological polar surface area (TPSA) is 79.5 Å². The van der Waals surface area contributed by atoms with E-state index in [-0.39, 0.29) is 17.2 Å². The molecule has 0 spiro atoms. The van der Waals surface area contributed by atoms with Gasteiger partial charge in [0.15, 0.2) is 0 Å². The number of carbonyl (C=O) groups excluding carboxylic acids is 1. The Bertz CT molecular complexity index is 670. The fraction of sp³-hybridized carbons (Fsp3) is 0.200. The van der Waals surface area contributed by atoms with E-state index in [0.29, 0.717) is 12.2 Å². The van der Waals surface area contributed by atoms with E-state index in [2.05, 4.69) is 4.98 Å². The molecule has 1 aliphatic rings. The molecule has 0 unspecified atom stereocenters. The van der Waals surface area contributed by atoms with Gasteiger partial charge in [-0.2, -0.15) is 0 Å². The van der Waals surface area contributed by atoms with Gasteiger partial charge in [-0.25, -0.2) is 0 Å². The number of aromatic nitrogens is 1. The summed E-state index contributed by atoms with van der Waals surface area (Å²) in [6.45, 7) is 0.622. The largest absolute Gasteiger partial charge is 0.505 e. The van der Waals surface area contributed by atoms with Gasteiger partial charge in [0.25, 0.3) is 5.91 Å². The molecule has 1 amide bonds. The first kappa shape index (κ1) is 12.5. The van der Waals surface area contributed by atoms with Gasteiger partial charge in [-0.15, -0.1) is 0 Å². The second kappa shape index (κ2) is 4.85. The number of rotatable bonds is 1. The predicted octanol–water partition coefficient (Wildman–Crippen LogP) is 1.96. The molecule has 5 nitrogen and oxygen atoms in total. The van der Waals surface area contributed by atoms with Crippen molar-refractivity contribution >= 4 is 17.3 Å². The second-order valence-corrected chi connectivity index (χ2v) is 4.80. The molecule has 0 bridgehead atoms. The minimum Gasteiger partial charge on any atom is -0.505 e. The number of nitrogens with zero attached hydrogens (tertiary/aromatic N) is 2. The van der Waals surface area contributed by atoms with E-state index >= 15 is 0 Å². The van der Waals surface area contributed by atoms with Gasteiger partial charge < -0.3 is 15.7 Å². The van der Waals surface area contributed by atoms with Gasteiger partial charge in [0.1, 0.15) is 5.75 Å². The fourth-order valence-corrected chi connectivity index (χ4v) is 2.57. The molecule has 3 rings (SSSR count). The first-order valence-electron chi connectivity index (χ1n) is 6.50. The van der Waals surface area contributed by atoms with Crippen LogP contribution < -0.4 is 10.6 Å². The highest BCUT2D eigenvalue weighted by Gasteiger charge is 2.26. The standard InChI is InChI=1S/C15H15N3O2/c16-12-4-1-5-13-10(12)3-2-8-18(13)15(20)11-6-7-17-9-14(11)19/h1,4-7,9,19H,2-3,8,16H2. The molecule has 20 heavy (non-hydrogen) atoms. The van der Waals surface area contributed by atoms with Crippen LogP contribution in [0.25, 0.3) is 0 Å². The first-order valence-corrected chi connectivity index (χ1v) is 6.50. The van der Waals surface area contributed by atoms with Crippen LogP contribution in [0.15, 0.2) is 36.7 Å². The molecule has 1 aromatic heterocycles. The van der Waals surface area contributed by atoms with Gasteiger partial charge in [-0.1, -0.05) is 6.07 Å². The van der Waals surface area contributed by atoms with Crippen LogP contribution in [-0.4, -0.2) is 22.5 Å². The third kappa shape index (κ3) is 1.97. The molecule has 0 radical (unpaired) electrons. The van der Waals surface area contributed by atoms with Crippen molar-refractivity contribution in [2.75, 3.05) is 17.2 Å². The average molecular weight is 269 g/mol. The number of nitrogens with two attached hydrogens (primary N) is 1. The SMILES string of the molecule is Nc1cccc2c1CCCN2C(=O)c1ccncc1O. The van der Waals surface area contributed by atoms with Crippen LogP contribution in [0.5, 0.6) is 5.75 Å². The van der Waals surface area contributed by atoms with Crippen LogP contribution >= 0.6 is 0 Å². The molecule has 2 heterocycles. The van der Waals surface area contributed by atoms with Crippen LogP contribution in [0, 0.1) is 0 Å². The highest BCUT2D eigenvalue weighted by molar-refractivity contribution is 6.08. The zero-order valence-corrected chi connectivity index (χ0v) is 10.9. The lowest BCUT2D eigenvalue weighted by molar-refractivity contribution is 0.0982. The molecule has 0 saturated carbocycles. The number of pyridine rings is 1. The summed E-state index contributed by atoms with van der Waals surface area (Å²) in [5.74, 6) is -0.329. The second-order valence-electron chi connectivity index (χ2n) is 4.80. The molecule has 1 aromatic carbocycles. The van der Waals surface area contributed by atoms with Gasteiger partial charge in [0.05, 0.1) is 11.8 Å². The Hall–Kier alpha value is -2.56. The fourth-order valence-electron chi connectivity index (χ4n) is 2.57. The Morgan fingerprint density at radius 2 is 2.20 bits per heavy atom. The van der Waals surface area contributed by atoms with Gasteiger partial charge in [0, 0.05) is 24.1 Å². The summed E-state index contributed by atoms with van der Waals surface area (Å²) in [6, 6.07) is 7.10. The van der Waals surface area contributed by atoms with Crippen molar-refractivity contribution in [1.29, 1.82) is 0 Å². The molecule has 2 aromatic rings. The van der Waals surface area contributed by atoms with Crippen LogP contribution in [0.4, 0.5) is 11.4 Å². The van der Waals surface area contributed by atoms with Gasteiger partial charge in [0.2, 0.25) is 0 Å². The molecule has 5 heteroatoms. The highest BCUT2D eigenvalue weighted by atomic mass is 16.3. The van der Waals surface area contributed by atoms with Gasteiger partial charge in [-0.05, 0) is 36.6 Å². The van der Waals surface area contributed by atoms with Crippen LogP contribution in [0.1, 0.15) is 22.3 Å². The molecule has 102 valence electrons. The molecule has 0 aliphatic carbocycles. The Morgan fingerprint density at radius 3 is 3.00 bits per heavy atom. The van der Waals surface area contributed by atoms with E-state index in [4.69, 9.17) is 5.73 Å². The third-order valence-corrected chi connectivity index (χ3v) is 3.56. The van der Waals surface area contributed by atoms with Gasteiger partial charge >= 0.3 is 0 Å². The first-order chi connectivity index (χ1) is 9.68. The van der Waals surface area contributed by atoms with Crippen molar-refractivity contribution in [2.24, 2.45) is 0 Å². The smallest absolute Gasteiger partial charge is 0.262 e. The number of carbonyl (C=O) groups is 1. The molecular formula is C15H15N3O2. The van der Waals surface area contributed by atoms with Crippen molar-refractivity contribution in [3.63, 3.8) is 0 Å². The summed E-state index contributed by atoms with van der Waals surface area (Å²) in [7, 11) is 0. The van der Waals surface area contributed by atoms with Crippen LogP contribution in [0.3, 0.4) is 0 Å². The van der Waals surface area contributed by atoms with Gasteiger partial charge in [-0.3, -0.25) is 9.78 Å². The number of anilines is 2. The molecular weight excluding hydrogens is 254 g/mol. The Balaban J connectivity index is 2.03. The van der Waals surface area contributed by atoms with E-state index in [0.717, 1.165) is 24.1 Å². The Morgan fingerprint density at radius 1 is 1.35 bits per heavy atom. The lowest BCUT2D eigenvalue weighted by Crippen LogP contribution is -2.35. The van der Waals surface area contributed by atoms with Crippen LogP contribution in [-0.2, 0) is 6.42 Å². The number of benzene rings is 1. The zero-order chi connectivity index (χ0) is 14.1. The number of hydrogen-bond donors (Lipinski definition) is 2.